The van der Waals surface area contributed by atoms with Crippen LogP contribution in [0.25, 0.3) is 6.08 Å². The van der Waals surface area contributed by atoms with Crippen molar-refractivity contribution in [1.82, 2.24) is 9.80 Å². The minimum Gasteiger partial charge on any atom is -0.396 e. The van der Waals surface area contributed by atoms with Gasteiger partial charge in [-0.3, -0.25) is 19.3 Å². The van der Waals surface area contributed by atoms with E-state index >= 15 is 0 Å². The quantitative estimate of drug-likeness (QED) is 0.801. The summed E-state index contributed by atoms with van der Waals surface area (Å²) in [6, 6.07) is 9.29. The summed E-state index contributed by atoms with van der Waals surface area (Å²) in [6.45, 7) is 0.397. The highest BCUT2D eigenvalue weighted by Gasteiger charge is 2.38. The number of piperidine rings is 1. The van der Waals surface area contributed by atoms with E-state index in [0.29, 0.717) is 17.9 Å². The number of aliphatic hydroxyl groups excluding tert-OH is 1. The van der Waals surface area contributed by atoms with Crippen LogP contribution in [0.3, 0.4) is 0 Å². The van der Waals surface area contributed by atoms with Crippen molar-refractivity contribution in [3.8, 4) is 0 Å². The minimum atomic E-state index is -0.423. The molecule has 1 unspecified atom stereocenters. The molecular formula is C19H22N2O4S. The van der Waals surface area contributed by atoms with Gasteiger partial charge < -0.3 is 10.0 Å². The summed E-state index contributed by atoms with van der Waals surface area (Å²) in [5.41, 5.74) is 0.836. The Morgan fingerprint density at radius 3 is 2.73 bits per heavy atom. The van der Waals surface area contributed by atoms with E-state index in [4.69, 9.17) is 0 Å². The fourth-order valence-electron chi connectivity index (χ4n) is 3.34. The minimum absolute atomic E-state index is 0.0129. The average Bonchev–Trinajstić information content (AvgIpc) is 2.90. The number of carbonyl (C=O) groups excluding carboxylic acids is 3. The van der Waals surface area contributed by atoms with E-state index in [1.807, 2.05) is 30.3 Å². The van der Waals surface area contributed by atoms with Crippen LogP contribution in [-0.2, 0) is 9.59 Å². The third kappa shape index (κ3) is 4.16. The van der Waals surface area contributed by atoms with Crippen LogP contribution in [0.4, 0.5) is 4.79 Å². The van der Waals surface area contributed by atoms with Crippen LogP contribution in [-0.4, -0.2) is 57.7 Å². The Morgan fingerprint density at radius 2 is 2.00 bits per heavy atom. The first-order valence-electron chi connectivity index (χ1n) is 8.81. The zero-order valence-corrected chi connectivity index (χ0v) is 15.3. The van der Waals surface area contributed by atoms with E-state index < -0.39 is 11.1 Å². The van der Waals surface area contributed by atoms with E-state index in [-0.39, 0.29) is 25.1 Å². The Labute approximate surface area is 156 Å². The second kappa shape index (κ2) is 8.51. The third-order valence-corrected chi connectivity index (χ3v) is 5.58. The molecule has 1 aromatic rings. The van der Waals surface area contributed by atoms with Crippen molar-refractivity contribution in [3.63, 3.8) is 0 Å². The van der Waals surface area contributed by atoms with E-state index in [2.05, 4.69) is 0 Å². The second-order valence-corrected chi connectivity index (χ2v) is 7.42. The van der Waals surface area contributed by atoms with Gasteiger partial charge in [-0.2, -0.15) is 0 Å². The summed E-state index contributed by atoms with van der Waals surface area (Å²) >= 11 is 0.864. The fourth-order valence-corrected chi connectivity index (χ4v) is 4.18. The number of nitrogens with zero attached hydrogens (tertiary/aromatic N) is 2. The zero-order chi connectivity index (χ0) is 18.5. The molecule has 2 fully saturated rings. The highest BCUT2D eigenvalue weighted by atomic mass is 32.2. The van der Waals surface area contributed by atoms with Crippen LogP contribution < -0.4 is 0 Å². The molecule has 138 valence electrons. The summed E-state index contributed by atoms with van der Waals surface area (Å²) < 4.78 is 0. The van der Waals surface area contributed by atoms with Gasteiger partial charge in [0.15, 0.2) is 0 Å². The topological polar surface area (TPSA) is 77.9 Å². The normalized spacial score (nSPS) is 22.3. The number of benzene rings is 1. The molecular weight excluding hydrogens is 352 g/mol. The molecule has 0 saturated carbocycles. The largest absolute Gasteiger partial charge is 0.396 e. The van der Waals surface area contributed by atoms with Gasteiger partial charge in [-0.05, 0) is 49.1 Å². The van der Waals surface area contributed by atoms with Crippen LogP contribution >= 0.6 is 11.8 Å². The van der Waals surface area contributed by atoms with Crippen LogP contribution in [0.2, 0.25) is 0 Å². The fraction of sp³-hybridized carbons (Fsp3) is 0.421. The third-order valence-electron chi connectivity index (χ3n) is 4.67. The van der Waals surface area contributed by atoms with Gasteiger partial charge in [0.05, 0.1) is 4.91 Å². The summed E-state index contributed by atoms with van der Waals surface area (Å²) in [5, 5.41) is 8.78. The number of likely N-dealkylation sites (tertiary alicyclic amines) is 1. The molecule has 1 atom stereocenters. The molecule has 1 N–H and O–H groups in total. The van der Waals surface area contributed by atoms with Crippen molar-refractivity contribution in [1.29, 1.82) is 0 Å². The number of carbonyl (C=O) groups is 3. The van der Waals surface area contributed by atoms with E-state index in [0.717, 1.165) is 41.5 Å². The predicted octanol–water partition coefficient (Wildman–Crippen LogP) is 2.49. The van der Waals surface area contributed by atoms with Crippen LogP contribution in [0.1, 0.15) is 31.2 Å². The molecule has 2 aliphatic heterocycles. The number of hydrogen-bond acceptors (Lipinski definition) is 5. The van der Waals surface area contributed by atoms with E-state index in [9.17, 15) is 19.5 Å². The Hall–Kier alpha value is -2.12. The van der Waals surface area contributed by atoms with Crippen molar-refractivity contribution in [3.05, 3.63) is 40.8 Å². The standard InChI is InChI=1S/C19H22N2O4S/c22-11-9-15-8-4-5-10-20(15)17(23)13-21-18(24)16(26-19(21)25)12-14-6-2-1-3-7-14/h1-3,6-7,12,15,22H,4-5,8-11,13H2/b16-12+. The molecule has 6 nitrogen and oxygen atoms in total. The van der Waals surface area contributed by atoms with Gasteiger partial charge in [-0.15, -0.1) is 0 Å². The number of rotatable bonds is 5. The molecule has 2 saturated heterocycles. The molecule has 26 heavy (non-hydrogen) atoms. The van der Waals surface area contributed by atoms with Crippen molar-refractivity contribution in [2.24, 2.45) is 0 Å². The first-order chi connectivity index (χ1) is 12.6. The maximum absolute atomic E-state index is 12.7. The highest BCUT2D eigenvalue weighted by molar-refractivity contribution is 8.18. The molecule has 0 bridgehead atoms. The number of hydrogen-bond donors (Lipinski definition) is 1. The van der Waals surface area contributed by atoms with Crippen LogP contribution in [0, 0.1) is 0 Å². The lowest BCUT2D eigenvalue weighted by molar-refractivity contribution is -0.139. The molecule has 0 radical (unpaired) electrons. The van der Waals surface area contributed by atoms with Gasteiger partial charge in [-0.25, -0.2) is 0 Å². The van der Waals surface area contributed by atoms with Gasteiger partial charge in [0, 0.05) is 19.2 Å². The maximum atomic E-state index is 12.7. The molecule has 0 spiro atoms. The van der Waals surface area contributed by atoms with Crippen molar-refractivity contribution in [2.45, 2.75) is 31.7 Å². The smallest absolute Gasteiger partial charge is 0.294 e. The number of aliphatic hydroxyl groups is 1. The lowest BCUT2D eigenvalue weighted by Gasteiger charge is -2.36. The van der Waals surface area contributed by atoms with Crippen molar-refractivity contribution >= 4 is 34.9 Å². The number of thioether (sulfide) groups is 1. The summed E-state index contributed by atoms with van der Waals surface area (Å²) in [7, 11) is 0. The van der Waals surface area contributed by atoms with Crippen molar-refractivity contribution in [2.75, 3.05) is 19.7 Å². The second-order valence-electron chi connectivity index (χ2n) is 6.43. The van der Waals surface area contributed by atoms with Gasteiger partial charge in [-0.1, -0.05) is 30.3 Å². The van der Waals surface area contributed by atoms with Gasteiger partial charge in [0.2, 0.25) is 5.91 Å². The SMILES string of the molecule is O=C1S/C(=C/c2ccccc2)C(=O)N1CC(=O)N1CCCCC1CCO. The Balaban J connectivity index is 1.69. The van der Waals surface area contributed by atoms with Gasteiger partial charge in [0.1, 0.15) is 6.54 Å². The lowest BCUT2D eigenvalue weighted by atomic mass is 9.99. The Bertz CT molecular complexity index is 718. The summed E-state index contributed by atoms with van der Waals surface area (Å²) in [5.74, 6) is -0.653. The van der Waals surface area contributed by atoms with Crippen molar-refractivity contribution < 1.29 is 19.5 Å². The molecule has 3 rings (SSSR count). The lowest BCUT2D eigenvalue weighted by Crippen LogP contribution is -2.49. The highest BCUT2D eigenvalue weighted by Crippen LogP contribution is 2.32. The molecule has 0 aliphatic carbocycles. The Morgan fingerprint density at radius 1 is 1.23 bits per heavy atom. The molecule has 2 heterocycles. The average molecular weight is 374 g/mol. The summed E-state index contributed by atoms with van der Waals surface area (Å²) in [4.78, 5) is 40.5. The first kappa shape index (κ1) is 18.7. The maximum Gasteiger partial charge on any atom is 0.294 e. The Kier molecular flexibility index (Phi) is 6.11. The van der Waals surface area contributed by atoms with Gasteiger partial charge >= 0.3 is 0 Å². The molecule has 7 heteroatoms. The van der Waals surface area contributed by atoms with Gasteiger partial charge in [0.25, 0.3) is 11.1 Å². The zero-order valence-electron chi connectivity index (χ0n) is 14.5. The van der Waals surface area contributed by atoms with Crippen LogP contribution in [0.5, 0.6) is 0 Å². The van der Waals surface area contributed by atoms with E-state index in [1.165, 1.54) is 0 Å². The molecule has 0 aromatic heterocycles. The molecule has 1 aromatic carbocycles. The van der Waals surface area contributed by atoms with E-state index in [1.54, 1.807) is 11.0 Å². The number of amides is 3. The molecule has 3 amide bonds. The molecule has 2 aliphatic rings. The monoisotopic (exact) mass is 374 g/mol. The van der Waals surface area contributed by atoms with Crippen LogP contribution in [0.15, 0.2) is 35.2 Å². The predicted molar refractivity (Wildman–Crippen MR) is 100 cm³/mol. The summed E-state index contributed by atoms with van der Waals surface area (Å²) in [6.07, 6.45) is 4.98. The first-order valence-corrected chi connectivity index (χ1v) is 9.62. The number of imide groups is 1.